The van der Waals surface area contributed by atoms with Crippen molar-refractivity contribution in [3.05, 3.63) is 56.9 Å². The van der Waals surface area contributed by atoms with Gasteiger partial charge in [0, 0.05) is 17.8 Å². The van der Waals surface area contributed by atoms with Crippen LogP contribution in [0.2, 0.25) is 0 Å². The number of hydrogen-bond acceptors (Lipinski definition) is 4. The molecular weight excluding hydrogens is 350 g/mol. The lowest BCUT2D eigenvalue weighted by Gasteiger charge is -2.33. The Kier molecular flexibility index (Phi) is 4.44. The van der Waals surface area contributed by atoms with Crippen molar-refractivity contribution in [1.29, 1.82) is 0 Å². The summed E-state index contributed by atoms with van der Waals surface area (Å²) in [4.78, 5) is 14.1. The minimum Gasteiger partial charge on any atom is -0.448 e. The largest absolute Gasteiger partial charge is 0.448 e. The number of piperazine rings is 1. The van der Waals surface area contributed by atoms with Crippen LogP contribution in [0.25, 0.3) is 0 Å². The van der Waals surface area contributed by atoms with Gasteiger partial charge in [0.2, 0.25) is 0 Å². The van der Waals surface area contributed by atoms with E-state index in [2.05, 4.69) is 20.8 Å². The maximum absolute atomic E-state index is 10.7. The molecule has 0 spiro atoms. The summed E-state index contributed by atoms with van der Waals surface area (Å²) in [6.45, 7) is 4.81. The maximum Gasteiger partial charge on any atom is 0.269 e. The van der Waals surface area contributed by atoms with Gasteiger partial charge in [0.25, 0.3) is 5.69 Å². The monoisotopic (exact) mass is 366 g/mol. The Hall–Kier alpha value is -1.86. The topological polar surface area (TPSA) is 64.0 Å². The molecule has 0 saturated carbocycles. The van der Waals surface area contributed by atoms with Crippen molar-refractivity contribution in [1.82, 2.24) is 0 Å². The number of furan rings is 1. The second-order valence-corrected chi connectivity index (χ2v) is 6.17. The fourth-order valence-electron chi connectivity index (χ4n) is 2.74. The van der Waals surface area contributed by atoms with E-state index >= 15 is 0 Å². The molecular formula is C15H17BrN3O3+. The van der Waals surface area contributed by atoms with Gasteiger partial charge in [-0.3, -0.25) is 10.1 Å². The van der Waals surface area contributed by atoms with Gasteiger partial charge in [-0.1, -0.05) is 0 Å². The zero-order valence-corrected chi connectivity index (χ0v) is 13.6. The van der Waals surface area contributed by atoms with Gasteiger partial charge in [-0.05, 0) is 40.2 Å². The maximum atomic E-state index is 10.7. The number of quaternary nitrogens is 1. The van der Waals surface area contributed by atoms with Crippen LogP contribution in [0.3, 0.4) is 0 Å². The Morgan fingerprint density at radius 2 is 1.86 bits per heavy atom. The molecule has 6 nitrogen and oxygen atoms in total. The highest BCUT2D eigenvalue weighted by atomic mass is 79.9. The number of benzene rings is 1. The fourth-order valence-corrected chi connectivity index (χ4v) is 3.08. The first-order chi connectivity index (χ1) is 10.6. The number of halogens is 1. The second kappa shape index (κ2) is 6.50. The van der Waals surface area contributed by atoms with Crippen LogP contribution in [0, 0.1) is 10.1 Å². The second-order valence-electron chi connectivity index (χ2n) is 5.39. The van der Waals surface area contributed by atoms with Gasteiger partial charge in [-0.2, -0.15) is 0 Å². The molecule has 1 aromatic heterocycles. The van der Waals surface area contributed by atoms with Crippen LogP contribution in [-0.2, 0) is 6.54 Å². The number of hydrogen-bond donors (Lipinski definition) is 1. The highest BCUT2D eigenvalue weighted by Crippen LogP contribution is 2.19. The van der Waals surface area contributed by atoms with Crippen molar-refractivity contribution in [2.45, 2.75) is 6.54 Å². The average molecular weight is 367 g/mol. The molecule has 0 atom stereocenters. The van der Waals surface area contributed by atoms with Crippen LogP contribution in [0.15, 0.2) is 45.5 Å². The van der Waals surface area contributed by atoms with Crippen molar-refractivity contribution in [2.24, 2.45) is 0 Å². The zero-order valence-electron chi connectivity index (χ0n) is 12.0. The van der Waals surface area contributed by atoms with Gasteiger partial charge in [-0.15, -0.1) is 0 Å². The first-order valence-electron chi connectivity index (χ1n) is 7.19. The molecule has 22 heavy (non-hydrogen) atoms. The highest BCUT2D eigenvalue weighted by molar-refractivity contribution is 9.10. The molecule has 7 heteroatoms. The molecule has 1 fully saturated rings. The molecule has 1 aromatic carbocycles. The Balaban J connectivity index is 1.56. The third-order valence-corrected chi connectivity index (χ3v) is 4.38. The van der Waals surface area contributed by atoms with Crippen LogP contribution >= 0.6 is 15.9 Å². The quantitative estimate of drug-likeness (QED) is 0.662. The lowest BCUT2D eigenvalue weighted by Crippen LogP contribution is -3.13. The smallest absolute Gasteiger partial charge is 0.269 e. The molecule has 1 N–H and O–H groups in total. The van der Waals surface area contributed by atoms with E-state index < -0.39 is 0 Å². The lowest BCUT2D eigenvalue weighted by atomic mass is 10.2. The molecule has 1 aliphatic heterocycles. The third-order valence-electron chi connectivity index (χ3n) is 3.95. The number of rotatable bonds is 4. The predicted octanol–water partition coefficient (Wildman–Crippen LogP) is 1.86. The highest BCUT2D eigenvalue weighted by Gasteiger charge is 2.21. The SMILES string of the molecule is O=[N+]([O-])c1ccc(N2CC[NH+](Cc3ccc(Br)o3)CC2)cc1. The average Bonchev–Trinajstić information content (AvgIpc) is 2.93. The van der Waals surface area contributed by atoms with Crippen LogP contribution in [0.4, 0.5) is 11.4 Å². The Morgan fingerprint density at radius 1 is 1.18 bits per heavy atom. The van der Waals surface area contributed by atoms with Crippen molar-refractivity contribution >= 4 is 27.3 Å². The number of non-ortho nitro benzene ring substituents is 1. The minimum atomic E-state index is -0.368. The standard InChI is InChI=1S/C15H16BrN3O3/c16-15-6-5-14(22-15)11-17-7-9-18(10-8-17)12-1-3-13(4-2-12)19(20)21/h1-6H,7-11H2/p+1. The lowest BCUT2D eigenvalue weighted by molar-refractivity contribution is -0.915. The number of nitro benzene ring substituents is 1. The zero-order chi connectivity index (χ0) is 15.5. The first kappa shape index (κ1) is 15.1. The summed E-state index contributed by atoms with van der Waals surface area (Å²) in [6, 6.07) is 10.7. The molecule has 3 rings (SSSR count). The van der Waals surface area contributed by atoms with Gasteiger partial charge in [0.1, 0.15) is 6.54 Å². The summed E-state index contributed by atoms with van der Waals surface area (Å²) in [7, 11) is 0. The van der Waals surface area contributed by atoms with Crippen LogP contribution in [-0.4, -0.2) is 31.1 Å². The fraction of sp³-hybridized carbons (Fsp3) is 0.333. The van der Waals surface area contributed by atoms with Crippen LogP contribution < -0.4 is 9.80 Å². The number of anilines is 1. The minimum absolute atomic E-state index is 0.136. The molecule has 0 unspecified atom stereocenters. The summed E-state index contributed by atoms with van der Waals surface area (Å²) in [6.07, 6.45) is 0. The molecule has 0 aliphatic carbocycles. The van der Waals surface area contributed by atoms with Gasteiger partial charge in [0.05, 0.1) is 31.1 Å². The van der Waals surface area contributed by atoms with Crippen LogP contribution in [0.1, 0.15) is 5.76 Å². The van der Waals surface area contributed by atoms with Crippen molar-refractivity contribution in [3.8, 4) is 0 Å². The molecule has 1 aliphatic rings. The van der Waals surface area contributed by atoms with E-state index in [1.54, 1.807) is 12.1 Å². The van der Waals surface area contributed by atoms with E-state index in [-0.39, 0.29) is 10.6 Å². The molecule has 2 aromatic rings. The van der Waals surface area contributed by atoms with E-state index in [0.717, 1.165) is 48.8 Å². The molecule has 0 amide bonds. The van der Waals surface area contributed by atoms with E-state index in [1.807, 2.05) is 24.3 Å². The Bertz CT molecular complexity index is 648. The summed E-state index contributed by atoms with van der Waals surface area (Å²) in [5, 5.41) is 10.7. The molecule has 0 bridgehead atoms. The molecule has 116 valence electrons. The normalized spacial score (nSPS) is 16.0. The van der Waals surface area contributed by atoms with Crippen LogP contribution in [0.5, 0.6) is 0 Å². The summed E-state index contributed by atoms with van der Waals surface area (Å²) < 4.78 is 6.32. The summed E-state index contributed by atoms with van der Waals surface area (Å²) in [5.74, 6) is 0.991. The van der Waals surface area contributed by atoms with Gasteiger partial charge in [0.15, 0.2) is 10.4 Å². The molecule has 1 saturated heterocycles. The molecule has 2 heterocycles. The molecule has 0 radical (unpaired) electrons. The van der Waals surface area contributed by atoms with Crippen molar-refractivity contribution < 1.29 is 14.2 Å². The van der Waals surface area contributed by atoms with Gasteiger partial charge >= 0.3 is 0 Å². The van der Waals surface area contributed by atoms with E-state index in [4.69, 9.17) is 4.42 Å². The Labute approximate surface area is 136 Å². The summed E-state index contributed by atoms with van der Waals surface area (Å²) in [5.41, 5.74) is 1.18. The van der Waals surface area contributed by atoms with Gasteiger partial charge < -0.3 is 14.2 Å². The van der Waals surface area contributed by atoms with E-state index in [0.29, 0.717) is 0 Å². The van der Waals surface area contributed by atoms with Crippen molar-refractivity contribution in [2.75, 3.05) is 31.1 Å². The number of nitrogens with zero attached hydrogens (tertiary/aromatic N) is 2. The van der Waals surface area contributed by atoms with Gasteiger partial charge in [-0.25, -0.2) is 0 Å². The van der Waals surface area contributed by atoms with Crippen molar-refractivity contribution in [3.63, 3.8) is 0 Å². The summed E-state index contributed by atoms with van der Waals surface area (Å²) >= 11 is 3.32. The number of nitro groups is 1. The third kappa shape index (κ3) is 3.48. The van der Waals surface area contributed by atoms with E-state index in [1.165, 1.54) is 4.90 Å². The number of nitrogens with one attached hydrogen (secondary N) is 1. The Morgan fingerprint density at radius 3 is 2.41 bits per heavy atom. The first-order valence-corrected chi connectivity index (χ1v) is 7.98. The van der Waals surface area contributed by atoms with E-state index in [9.17, 15) is 10.1 Å². The predicted molar refractivity (Wildman–Crippen MR) is 86.1 cm³/mol.